The van der Waals surface area contributed by atoms with E-state index < -0.39 is 0 Å². The smallest absolute Gasteiger partial charge is 0.254 e. The first kappa shape index (κ1) is 16.7. The van der Waals surface area contributed by atoms with Crippen LogP contribution in [0, 0.1) is 5.92 Å². The average Bonchev–Trinajstić information content (AvgIpc) is 3.37. The maximum Gasteiger partial charge on any atom is 0.254 e. The summed E-state index contributed by atoms with van der Waals surface area (Å²) in [5.74, 6) is 2.10. The van der Waals surface area contributed by atoms with Gasteiger partial charge in [0.1, 0.15) is 0 Å². The van der Waals surface area contributed by atoms with E-state index in [2.05, 4.69) is 23.5 Å². The second-order valence-corrected chi connectivity index (χ2v) is 7.73. The topological polar surface area (TPSA) is 35.6 Å². The predicted molar refractivity (Wildman–Crippen MR) is 97.9 cm³/mol. The van der Waals surface area contributed by atoms with Crippen LogP contribution in [0.2, 0.25) is 0 Å². The maximum atomic E-state index is 12.8. The van der Waals surface area contributed by atoms with Gasteiger partial charge in [-0.2, -0.15) is 0 Å². The zero-order valence-electron chi connectivity index (χ0n) is 14.1. The number of nitrogens with one attached hydrogen (secondary N) is 1. The summed E-state index contributed by atoms with van der Waals surface area (Å²) in [7, 11) is 0. The van der Waals surface area contributed by atoms with Crippen LogP contribution in [0.15, 0.2) is 24.3 Å². The molecule has 3 rings (SSSR count). The Labute approximate surface area is 143 Å². The van der Waals surface area contributed by atoms with Gasteiger partial charge in [-0.1, -0.05) is 18.9 Å². The fourth-order valence-corrected chi connectivity index (χ4v) is 3.62. The van der Waals surface area contributed by atoms with E-state index in [-0.39, 0.29) is 5.91 Å². The molecule has 1 aliphatic carbocycles. The van der Waals surface area contributed by atoms with Gasteiger partial charge >= 0.3 is 0 Å². The minimum absolute atomic E-state index is 0.165. The third-order valence-corrected chi connectivity index (χ3v) is 5.32. The number of hydrogen-bond acceptors (Lipinski definition) is 4. The fourth-order valence-electron chi connectivity index (χ4n) is 3.17. The molecule has 1 heterocycles. The summed E-state index contributed by atoms with van der Waals surface area (Å²) in [6, 6.07) is 8.14. The zero-order chi connectivity index (χ0) is 16.2. The van der Waals surface area contributed by atoms with Crippen molar-refractivity contribution in [1.82, 2.24) is 9.80 Å². The van der Waals surface area contributed by atoms with Gasteiger partial charge in [0.2, 0.25) is 0 Å². The van der Waals surface area contributed by atoms with Gasteiger partial charge in [0, 0.05) is 49.2 Å². The van der Waals surface area contributed by atoms with Crippen molar-refractivity contribution in [2.45, 2.75) is 32.7 Å². The number of carbonyl (C=O) groups excluding carboxylic acids is 1. The lowest BCUT2D eigenvalue weighted by Crippen LogP contribution is -2.54. The largest absolute Gasteiger partial charge is 0.333 e. The number of amides is 1. The standard InChI is InChI=1S/C18H27N3OS/c1-3-23-19-17-8-6-16(7-9-17)18(22)21-11-10-20(12-14(21)2)13-15-4-5-15/h6-9,14-15,19H,3-5,10-13H2,1-2H3/t14-/m0/s1. The highest BCUT2D eigenvalue weighted by molar-refractivity contribution is 8.00. The lowest BCUT2D eigenvalue weighted by atomic mass is 10.1. The Morgan fingerprint density at radius 2 is 2.00 bits per heavy atom. The molecule has 1 amide bonds. The number of hydrogen-bond donors (Lipinski definition) is 1. The molecule has 1 aromatic rings. The minimum atomic E-state index is 0.165. The van der Waals surface area contributed by atoms with E-state index in [1.807, 2.05) is 29.2 Å². The van der Waals surface area contributed by atoms with Gasteiger partial charge in [-0.05, 0) is 49.9 Å². The zero-order valence-corrected chi connectivity index (χ0v) is 14.9. The summed E-state index contributed by atoms with van der Waals surface area (Å²) in [6.45, 7) is 8.37. The van der Waals surface area contributed by atoms with Crippen LogP contribution in [0.25, 0.3) is 0 Å². The van der Waals surface area contributed by atoms with E-state index in [0.717, 1.165) is 42.6 Å². The van der Waals surface area contributed by atoms with Gasteiger partial charge in [-0.25, -0.2) is 0 Å². The van der Waals surface area contributed by atoms with Crippen molar-refractivity contribution in [1.29, 1.82) is 0 Å². The number of rotatable bonds is 6. The summed E-state index contributed by atoms with van der Waals surface area (Å²) >= 11 is 1.66. The second kappa shape index (κ2) is 7.58. The monoisotopic (exact) mass is 333 g/mol. The van der Waals surface area contributed by atoms with Gasteiger partial charge in [-0.3, -0.25) is 9.69 Å². The molecule has 1 saturated carbocycles. The molecule has 4 nitrogen and oxygen atoms in total. The van der Waals surface area contributed by atoms with Crippen LogP contribution < -0.4 is 4.72 Å². The average molecular weight is 334 g/mol. The molecule has 0 bridgehead atoms. The van der Waals surface area contributed by atoms with Crippen LogP contribution in [-0.4, -0.2) is 53.7 Å². The molecule has 1 aliphatic heterocycles. The first-order valence-electron chi connectivity index (χ1n) is 8.68. The Morgan fingerprint density at radius 3 is 2.61 bits per heavy atom. The lowest BCUT2D eigenvalue weighted by molar-refractivity contribution is 0.0482. The summed E-state index contributed by atoms with van der Waals surface area (Å²) in [4.78, 5) is 17.3. The highest BCUT2D eigenvalue weighted by Crippen LogP contribution is 2.30. The molecule has 2 fully saturated rings. The lowest BCUT2D eigenvalue weighted by Gasteiger charge is -2.40. The Bertz CT molecular complexity index is 530. The molecule has 1 saturated heterocycles. The van der Waals surface area contributed by atoms with Crippen molar-refractivity contribution < 1.29 is 4.79 Å². The van der Waals surface area contributed by atoms with Crippen LogP contribution >= 0.6 is 11.9 Å². The van der Waals surface area contributed by atoms with E-state index in [4.69, 9.17) is 0 Å². The van der Waals surface area contributed by atoms with E-state index in [9.17, 15) is 4.79 Å². The van der Waals surface area contributed by atoms with E-state index in [1.54, 1.807) is 11.9 Å². The third-order valence-electron chi connectivity index (χ3n) is 4.65. The SMILES string of the molecule is CCSNc1ccc(C(=O)N2CCN(CC3CC3)C[C@@H]2C)cc1. The van der Waals surface area contributed by atoms with Gasteiger partial charge < -0.3 is 9.62 Å². The van der Waals surface area contributed by atoms with Gasteiger partial charge in [0.15, 0.2) is 0 Å². The van der Waals surface area contributed by atoms with Crippen LogP contribution in [-0.2, 0) is 0 Å². The summed E-state index contributed by atoms with van der Waals surface area (Å²) in [5, 5.41) is 0. The van der Waals surface area contributed by atoms with Crippen LogP contribution in [0.4, 0.5) is 5.69 Å². The Morgan fingerprint density at radius 1 is 1.26 bits per heavy atom. The first-order chi connectivity index (χ1) is 11.2. The molecule has 0 radical (unpaired) electrons. The molecule has 2 aliphatic rings. The molecule has 5 heteroatoms. The molecule has 1 aromatic carbocycles. The van der Waals surface area contributed by atoms with Crippen molar-refractivity contribution in [3.8, 4) is 0 Å². The van der Waals surface area contributed by atoms with Gasteiger partial charge in [0.25, 0.3) is 5.91 Å². The first-order valence-corrected chi connectivity index (χ1v) is 9.67. The molecule has 126 valence electrons. The summed E-state index contributed by atoms with van der Waals surface area (Å²) in [6.07, 6.45) is 2.79. The van der Waals surface area contributed by atoms with Crippen molar-refractivity contribution >= 4 is 23.5 Å². The van der Waals surface area contributed by atoms with Crippen molar-refractivity contribution in [3.63, 3.8) is 0 Å². The number of carbonyl (C=O) groups is 1. The molecule has 1 atom stereocenters. The Hall–Kier alpha value is -1.20. The van der Waals surface area contributed by atoms with E-state index in [1.165, 1.54) is 19.4 Å². The second-order valence-electron chi connectivity index (χ2n) is 6.66. The van der Waals surface area contributed by atoms with Crippen molar-refractivity contribution in [2.24, 2.45) is 5.92 Å². The molecule has 0 spiro atoms. The Kier molecular flexibility index (Phi) is 5.49. The minimum Gasteiger partial charge on any atom is -0.333 e. The summed E-state index contributed by atoms with van der Waals surface area (Å²) in [5.41, 5.74) is 1.84. The van der Waals surface area contributed by atoms with Crippen LogP contribution in [0.5, 0.6) is 0 Å². The highest BCUT2D eigenvalue weighted by Gasteiger charge is 2.31. The number of benzene rings is 1. The predicted octanol–water partition coefficient (Wildman–Crippen LogP) is 3.32. The molecular weight excluding hydrogens is 306 g/mol. The molecule has 0 aromatic heterocycles. The molecule has 1 N–H and O–H groups in total. The van der Waals surface area contributed by atoms with Gasteiger partial charge in [-0.15, -0.1) is 0 Å². The van der Waals surface area contributed by atoms with Crippen LogP contribution in [0.1, 0.15) is 37.0 Å². The van der Waals surface area contributed by atoms with E-state index in [0.29, 0.717) is 6.04 Å². The number of anilines is 1. The molecular formula is C18H27N3OS. The third kappa shape index (κ3) is 4.42. The Balaban J connectivity index is 1.56. The van der Waals surface area contributed by atoms with Gasteiger partial charge in [0.05, 0.1) is 0 Å². The number of nitrogens with zero attached hydrogens (tertiary/aromatic N) is 2. The maximum absolute atomic E-state index is 12.8. The normalized spacial score (nSPS) is 22.2. The quantitative estimate of drug-likeness (QED) is 0.810. The van der Waals surface area contributed by atoms with Crippen LogP contribution in [0.3, 0.4) is 0 Å². The fraction of sp³-hybridized carbons (Fsp3) is 0.611. The highest BCUT2D eigenvalue weighted by atomic mass is 32.2. The van der Waals surface area contributed by atoms with Crippen molar-refractivity contribution in [2.75, 3.05) is 36.7 Å². The van der Waals surface area contributed by atoms with E-state index >= 15 is 0 Å². The van der Waals surface area contributed by atoms with Crippen molar-refractivity contribution in [3.05, 3.63) is 29.8 Å². The summed E-state index contributed by atoms with van der Waals surface area (Å²) < 4.78 is 3.26. The molecule has 23 heavy (non-hydrogen) atoms. The number of piperazine rings is 1. The molecule has 0 unspecified atom stereocenters.